The Morgan fingerprint density at radius 2 is 2.00 bits per heavy atom. The first-order valence-electron chi connectivity index (χ1n) is 10.1. The lowest BCUT2D eigenvalue weighted by Crippen LogP contribution is -2.33. The average Bonchev–Trinajstić information content (AvgIpc) is 3.26. The number of carbonyl (C=O) groups excluding carboxylic acids is 1. The van der Waals surface area contributed by atoms with Crippen LogP contribution in [0.2, 0.25) is 5.02 Å². The van der Waals surface area contributed by atoms with E-state index in [1.165, 1.54) is 12.1 Å². The van der Waals surface area contributed by atoms with Crippen LogP contribution in [0.25, 0.3) is 0 Å². The van der Waals surface area contributed by atoms with Crippen LogP contribution < -0.4 is 4.72 Å². The molecule has 0 bridgehead atoms. The molecule has 1 aliphatic rings. The molecule has 162 valence electrons. The molecular weight excluding hydrogens is 424 g/mol. The van der Waals surface area contributed by atoms with Crippen LogP contribution in [0, 0.1) is 0 Å². The number of benzene rings is 2. The van der Waals surface area contributed by atoms with Gasteiger partial charge in [0.05, 0.1) is 11.1 Å². The van der Waals surface area contributed by atoms with E-state index in [-0.39, 0.29) is 28.5 Å². The van der Waals surface area contributed by atoms with Gasteiger partial charge in [0.1, 0.15) is 4.90 Å². The third-order valence-corrected chi connectivity index (χ3v) is 6.89. The van der Waals surface area contributed by atoms with E-state index in [0.29, 0.717) is 25.3 Å². The Kier molecular flexibility index (Phi) is 7.88. The van der Waals surface area contributed by atoms with Crippen molar-refractivity contribution in [1.82, 2.24) is 9.62 Å². The van der Waals surface area contributed by atoms with Crippen LogP contribution in [0.15, 0.2) is 53.4 Å². The summed E-state index contributed by atoms with van der Waals surface area (Å²) >= 11 is 6.18. The first-order chi connectivity index (χ1) is 14.4. The van der Waals surface area contributed by atoms with E-state index in [0.717, 1.165) is 24.8 Å². The molecule has 1 N–H and O–H groups in total. The van der Waals surface area contributed by atoms with Crippen LogP contribution in [0.5, 0.6) is 0 Å². The Morgan fingerprint density at radius 1 is 1.23 bits per heavy atom. The molecular formula is C22H27ClN2O4S. The van der Waals surface area contributed by atoms with E-state index >= 15 is 0 Å². The summed E-state index contributed by atoms with van der Waals surface area (Å²) in [5.74, 6) is -0.229. The molecule has 1 unspecified atom stereocenters. The molecule has 8 heteroatoms. The minimum atomic E-state index is -3.86. The van der Waals surface area contributed by atoms with Gasteiger partial charge in [-0.15, -0.1) is 0 Å². The number of halogens is 1. The fraction of sp³-hybridized carbons (Fsp3) is 0.409. The molecule has 1 atom stereocenters. The van der Waals surface area contributed by atoms with E-state index in [1.807, 2.05) is 37.3 Å². The van der Waals surface area contributed by atoms with Gasteiger partial charge in [-0.05, 0) is 43.0 Å². The number of rotatable bonds is 9. The molecule has 1 fully saturated rings. The highest BCUT2D eigenvalue weighted by Gasteiger charge is 2.24. The summed E-state index contributed by atoms with van der Waals surface area (Å²) in [4.78, 5) is 14.8. The molecule has 1 heterocycles. The standard InChI is InChI=1S/C22H27ClN2O4S/c1-2-12-25(16-17-7-4-3-5-8-17)22(26)18-10-11-20(23)21(14-18)30(27,28)24-15-19-9-6-13-29-19/h3-5,7-8,10-11,14,19,24H,2,6,9,12-13,15-16H2,1H3. The zero-order valence-corrected chi connectivity index (χ0v) is 18.6. The van der Waals surface area contributed by atoms with Crippen LogP contribution in [-0.4, -0.2) is 45.0 Å². The Morgan fingerprint density at radius 3 is 2.67 bits per heavy atom. The maximum atomic E-state index is 13.1. The van der Waals surface area contributed by atoms with Crippen molar-refractivity contribution in [1.29, 1.82) is 0 Å². The quantitative estimate of drug-likeness (QED) is 0.629. The van der Waals surface area contributed by atoms with Gasteiger partial charge < -0.3 is 9.64 Å². The SMILES string of the molecule is CCCN(Cc1ccccc1)C(=O)c1ccc(Cl)c(S(=O)(=O)NCC2CCCO2)c1. The molecule has 3 rings (SSSR count). The van der Waals surface area contributed by atoms with E-state index in [1.54, 1.807) is 11.0 Å². The van der Waals surface area contributed by atoms with Crippen molar-refractivity contribution in [3.05, 3.63) is 64.7 Å². The monoisotopic (exact) mass is 450 g/mol. The van der Waals surface area contributed by atoms with E-state index in [2.05, 4.69) is 4.72 Å². The largest absolute Gasteiger partial charge is 0.377 e. The van der Waals surface area contributed by atoms with Gasteiger partial charge in [0.25, 0.3) is 5.91 Å². The Balaban J connectivity index is 1.80. The van der Waals surface area contributed by atoms with Crippen LogP contribution in [0.1, 0.15) is 42.1 Å². The molecule has 2 aromatic carbocycles. The van der Waals surface area contributed by atoms with Crippen molar-refractivity contribution in [3.63, 3.8) is 0 Å². The zero-order chi connectivity index (χ0) is 21.6. The van der Waals surface area contributed by atoms with Crippen molar-refractivity contribution in [3.8, 4) is 0 Å². The van der Waals surface area contributed by atoms with Crippen molar-refractivity contribution in [2.45, 2.75) is 43.7 Å². The summed E-state index contributed by atoms with van der Waals surface area (Å²) < 4.78 is 33.6. The van der Waals surface area contributed by atoms with Crippen molar-refractivity contribution in [2.24, 2.45) is 0 Å². The van der Waals surface area contributed by atoms with E-state index in [4.69, 9.17) is 16.3 Å². The summed E-state index contributed by atoms with van der Waals surface area (Å²) in [6, 6.07) is 14.1. The van der Waals surface area contributed by atoms with Gasteiger partial charge in [0.2, 0.25) is 10.0 Å². The number of hydrogen-bond donors (Lipinski definition) is 1. The van der Waals surface area contributed by atoms with Gasteiger partial charge in [0.15, 0.2) is 0 Å². The normalized spacial score (nSPS) is 16.5. The van der Waals surface area contributed by atoms with Gasteiger partial charge in [-0.1, -0.05) is 48.9 Å². The lowest BCUT2D eigenvalue weighted by Gasteiger charge is -2.23. The van der Waals surface area contributed by atoms with E-state index in [9.17, 15) is 13.2 Å². The first kappa shape index (κ1) is 22.7. The highest BCUT2D eigenvalue weighted by Crippen LogP contribution is 2.24. The summed E-state index contributed by atoms with van der Waals surface area (Å²) in [6.07, 6.45) is 2.40. The predicted molar refractivity (Wildman–Crippen MR) is 117 cm³/mol. The Labute approximate surface area is 183 Å². The highest BCUT2D eigenvalue weighted by molar-refractivity contribution is 7.89. The van der Waals surface area contributed by atoms with Crippen LogP contribution in [0.4, 0.5) is 0 Å². The lowest BCUT2D eigenvalue weighted by atomic mass is 10.1. The third kappa shape index (κ3) is 5.82. The molecule has 2 aromatic rings. The number of nitrogens with one attached hydrogen (secondary N) is 1. The number of sulfonamides is 1. The van der Waals surface area contributed by atoms with Crippen LogP contribution >= 0.6 is 11.6 Å². The predicted octanol–water partition coefficient (Wildman–Crippen LogP) is 3.85. The Hall–Kier alpha value is -1.93. The fourth-order valence-electron chi connectivity index (χ4n) is 3.44. The number of amides is 1. The molecule has 1 aliphatic heterocycles. The van der Waals surface area contributed by atoms with Gasteiger partial charge >= 0.3 is 0 Å². The average molecular weight is 451 g/mol. The second-order valence-corrected chi connectivity index (χ2v) is 9.49. The third-order valence-electron chi connectivity index (χ3n) is 4.99. The van der Waals surface area contributed by atoms with Gasteiger partial charge in [0, 0.05) is 31.8 Å². The molecule has 0 spiro atoms. The molecule has 0 aromatic heterocycles. The zero-order valence-electron chi connectivity index (χ0n) is 17.0. The highest BCUT2D eigenvalue weighted by atomic mass is 35.5. The summed E-state index contributed by atoms with van der Waals surface area (Å²) in [6.45, 7) is 3.85. The fourth-order valence-corrected chi connectivity index (χ4v) is 5.03. The number of hydrogen-bond acceptors (Lipinski definition) is 4. The molecule has 6 nitrogen and oxygen atoms in total. The topological polar surface area (TPSA) is 75.7 Å². The summed E-state index contributed by atoms with van der Waals surface area (Å²) in [7, 11) is -3.86. The number of carbonyl (C=O) groups is 1. The van der Waals surface area contributed by atoms with Crippen LogP contribution in [-0.2, 0) is 21.3 Å². The van der Waals surface area contributed by atoms with Gasteiger partial charge in [-0.3, -0.25) is 4.79 Å². The lowest BCUT2D eigenvalue weighted by molar-refractivity contribution is 0.0743. The van der Waals surface area contributed by atoms with Gasteiger partial charge in [-0.2, -0.15) is 0 Å². The molecule has 0 saturated carbocycles. The van der Waals surface area contributed by atoms with Crippen LogP contribution in [0.3, 0.4) is 0 Å². The molecule has 30 heavy (non-hydrogen) atoms. The van der Waals surface area contributed by atoms with Crippen molar-refractivity contribution < 1.29 is 17.9 Å². The number of nitrogens with zero attached hydrogens (tertiary/aromatic N) is 1. The maximum absolute atomic E-state index is 13.1. The number of ether oxygens (including phenoxy) is 1. The Bertz CT molecular complexity index is 960. The van der Waals surface area contributed by atoms with Gasteiger partial charge in [-0.25, -0.2) is 13.1 Å². The summed E-state index contributed by atoms with van der Waals surface area (Å²) in [5, 5.41) is 0.0801. The second kappa shape index (κ2) is 10.4. The van der Waals surface area contributed by atoms with Crippen molar-refractivity contribution in [2.75, 3.05) is 19.7 Å². The molecule has 1 saturated heterocycles. The maximum Gasteiger partial charge on any atom is 0.254 e. The smallest absolute Gasteiger partial charge is 0.254 e. The first-order valence-corrected chi connectivity index (χ1v) is 12.0. The second-order valence-electron chi connectivity index (χ2n) is 7.34. The molecule has 0 radical (unpaired) electrons. The van der Waals surface area contributed by atoms with Crippen molar-refractivity contribution >= 4 is 27.5 Å². The minimum Gasteiger partial charge on any atom is -0.377 e. The minimum absolute atomic E-state index is 0.0801. The van der Waals surface area contributed by atoms with E-state index < -0.39 is 10.0 Å². The molecule has 1 amide bonds. The summed E-state index contributed by atoms with van der Waals surface area (Å²) in [5.41, 5.74) is 1.31. The molecule has 0 aliphatic carbocycles.